The monoisotopic (exact) mass is 313 g/mol. The largest absolute Gasteiger partial charge is 0.361 e. The van der Waals surface area contributed by atoms with E-state index in [-0.39, 0.29) is 24.4 Å². The van der Waals surface area contributed by atoms with E-state index in [1.165, 1.54) is 0 Å². The van der Waals surface area contributed by atoms with Crippen molar-refractivity contribution in [2.24, 2.45) is 0 Å². The first-order chi connectivity index (χ1) is 9.09. The number of nitrogens with zero attached hydrogens (tertiary/aromatic N) is 2. The lowest BCUT2D eigenvalue weighted by Crippen LogP contribution is -2.44. The molecular weight excluding hydrogens is 294 g/mol. The van der Waals surface area contributed by atoms with Crippen LogP contribution in [0.15, 0.2) is 30.3 Å². The summed E-state index contributed by atoms with van der Waals surface area (Å²) in [4.78, 5) is 16.2. The number of para-hydroxylation sites is 1. The Morgan fingerprint density at radius 3 is 2.55 bits per heavy atom. The highest BCUT2D eigenvalue weighted by Gasteiger charge is 2.24. The molecule has 1 aromatic rings. The molecule has 0 atom stereocenters. The van der Waals surface area contributed by atoms with E-state index < -0.39 is 0 Å². The van der Waals surface area contributed by atoms with Gasteiger partial charge in [-0.25, -0.2) is 0 Å². The Morgan fingerprint density at radius 2 is 2.05 bits per heavy atom. The summed E-state index contributed by atoms with van der Waals surface area (Å²) >= 11 is 5.17. The molecule has 1 saturated heterocycles. The van der Waals surface area contributed by atoms with Gasteiger partial charge in [-0.2, -0.15) is 0 Å². The van der Waals surface area contributed by atoms with Crippen molar-refractivity contribution < 1.29 is 4.79 Å². The molecule has 0 aliphatic carbocycles. The fraction of sp³-hybridized carbons (Fsp3) is 0.429. The first kappa shape index (κ1) is 16.7. The topological polar surface area (TPSA) is 35.6 Å². The fourth-order valence-electron chi connectivity index (χ4n) is 2.22. The normalized spacial score (nSPS) is 13.9. The van der Waals surface area contributed by atoms with Crippen LogP contribution in [0.25, 0.3) is 0 Å². The van der Waals surface area contributed by atoms with Gasteiger partial charge >= 0.3 is 0 Å². The van der Waals surface area contributed by atoms with Gasteiger partial charge in [-0.3, -0.25) is 4.79 Å². The van der Waals surface area contributed by atoms with Crippen LogP contribution in [0.4, 0.5) is 5.69 Å². The Hall–Kier alpha value is -1.33. The highest BCUT2D eigenvalue weighted by Crippen LogP contribution is 2.17. The minimum absolute atomic E-state index is 0. The highest BCUT2D eigenvalue weighted by atomic mass is 35.5. The van der Waals surface area contributed by atoms with E-state index in [0.29, 0.717) is 11.7 Å². The Balaban J connectivity index is 0.00000200. The summed E-state index contributed by atoms with van der Waals surface area (Å²) in [5.41, 5.74) is 0.931. The van der Waals surface area contributed by atoms with E-state index in [4.69, 9.17) is 12.2 Å². The molecule has 0 bridgehead atoms. The molecule has 110 valence electrons. The van der Waals surface area contributed by atoms with Crippen molar-refractivity contribution in [3.63, 3.8) is 0 Å². The van der Waals surface area contributed by atoms with Crippen LogP contribution < -0.4 is 10.2 Å². The third-order valence-electron chi connectivity index (χ3n) is 3.09. The van der Waals surface area contributed by atoms with Gasteiger partial charge < -0.3 is 15.1 Å². The lowest BCUT2D eigenvalue weighted by molar-refractivity contribution is -0.119. The van der Waals surface area contributed by atoms with E-state index in [2.05, 4.69) is 5.32 Å². The average molecular weight is 314 g/mol. The average Bonchev–Trinajstić information content (AvgIpc) is 2.76. The van der Waals surface area contributed by atoms with Crippen molar-refractivity contribution in [1.82, 2.24) is 10.2 Å². The SMILES string of the molecule is CC(C)N(C(=O)CN1CCNC1=S)c1ccccc1.Cl. The number of hydrogen-bond acceptors (Lipinski definition) is 2. The molecule has 1 aromatic carbocycles. The Labute approximate surface area is 131 Å². The highest BCUT2D eigenvalue weighted by molar-refractivity contribution is 7.80. The molecule has 1 heterocycles. The second-order valence-corrected chi connectivity index (χ2v) is 5.23. The molecule has 2 rings (SSSR count). The van der Waals surface area contributed by atoms with Gasteiger partial charge in [0.1, 0.15) is 0 Å². The number of amides is 1. The molecule has 1 aliphatic rings. The van der Waals surface area contributed by atoms with Crippen molar-refractivity contribution in [2.75, 3.05) is 24.5 Å². The second-order valence-electron chi connectivity index (χ2n) is 4.85. The van der Waals surface area contributed by atoms with Crippen molar-refractivity contribution in [3.8, 4) is 0 Å². The van der Waals surface area contributed by atoms with Crippen molar-refractivity contribution in [3.05, 3.63) is 30.3 Å². The van der Waals surface area contributed by atoms with E-state index >= 15 is 0 Å². The maximum atomic E-state index is 12.5. The maximum absolute atomic E-state index is 12.5. The lowest BCUT2D eigenvalue weighted by atomic mass is 10.2. The van der Waals surface area contributed by atoms with Crippen LogP contribution in [0.5, 0.6) is 0 Å². The predicted molar refractivity (Wildman–Crippen MR) is 88.5 cm³/mol. The van der Waals surface area contributed by atoms with E-state index in [9.17, 15) is 4.79 Å². The van der Waals surface area contributed by atoms with Gasteiger partial charge in [0.05, 0.1) is 6.54 Å². The van der Waals surface area contributed by atoms with Gasteiger partial charge in [0.15, 0.2) is 5.11 Å². The number of nitrogens with one attached hydrogen (secondary N) is 1. The number of halogens is 1. The minimum Gasteiger partial charge on any atom is -0.361 e. The molecule has 1 aliphatic heterocycles. The Morgan fingerprint density at radius 1 is 1.40 bits per heavy atom. The molecule has 1 fully saturated rings. The van der Waals surface area contributed by atoms with Crippen LogP contribution in [0.2, 0.25) is 0 Å². The third kappa shape index (κ3) is 3.84. The molecule has 0 unspecified atom stereocenters. The number of hydrogen-bond donors (Lipinski definition) is 1. The summed E-state index contributed by atoms with van der Waals surface area (Å²) in [7, 11) is 0. The molecule has 1 amide bonds. The standard InChI is InChI=1S/C14H19N3OS.ClH/c1-11(2)17(12-6-4-3-5-7-12)13(18)10-16-9-8-15-14(16)19;/h3-7,11H,8-10H2,1-2H3,(H,15,19);1H. The summed E-state index contributed by atoms with van der Waals surface area (Å²) in [5.74, 6) is 0.0762. The first-order valence-corrected chi connectivity index (χ1v) is 6.90. The predicted octanol–water partition coefficient (Wildman–Crippen LogP) is 2.04. The first-order valence-electron chi connectivity index (χ1n) is 6.49. The van der Waals surface area contributed by atoms with E-state index in [1.807, 2.05) is 54.0 Å². The molecular formula is C14H20ClN3OS. The fourth-order valence-corrected chi connectivity index (χ4v) is 2.48. The zero-order chi connectivity index (χ0) is 13.8. The number of carbonyl (C=O) groups excluding carboxylic acids is 1. The van der Waals surface area contributed by atoms with Crippen LogP contribution in [-0.2, 0) is 4.79 Å². The molecule has 0 saturated carbocycles. The zero-order valence-corrected chi connectivity index (χ0v) is 13.3. The summed E-state index contributed by atoms with van der Waals surface area (Å²) in [6, 6.07) is 9.88. The third-order valence-corrected chi connectivity index (χ3v) is 3.49. The van der Waals surface area contributed by atoms with Gasteiger partial charge in [0.25, 0.3) is 0 Å². The second kappa shape index (κ2) is 7.45. The minimum atomic E-state index is 0. The number of anilines is 1. The summed E-state index contributed by atoms with van der Waals surface area (Å²) < 4.78 is 0. The molecule has 4 nitrogen and oxygen atoms in total. The number of rotatable bonds is 4. The van der Waals surface area contributed by atoms with Gasteiger partial charge in [0.2, 0.25) is 5.91 Å². The van der Waals surface area contributed by atoms with E-state index in [1.54, 1.807) is 0 Å². The van der Waals surface area contributed by atoms with Crippen molar-refractivity contribution in [1.29, 1.82) is 0 Å². The van der Waals surface area contributed by atoms with Gasteiger partial charge in [0, 0.05) is 24.8 Å². The summed E-state index contributed by atoms with van der Waals surface area (Å²) in [6.45, 7) is 5.99. The Bertz CT molecular complexity index is 467. The van der Waals surface area contributed by atoms with Crippen LogP contribution in [-0.4, -0.2) is 41.6 Å². The maximum Gasteiger partial charge on any atom is 0.246 e. The van der Waals surface area contributed by atoms with Crippen molar-refractivity contribution in [2.45, 2.75) is 19.9 Å². The quantitative estimate of drug-likeness (QED) is 0.863. The van der Waals surface area contributed by atoms with Crippen LogP contribution >= 0.6 is 24.6 Å². The number of thiocarbonyl (C=S) groups is 1. The van der Waals surface area contributed by atoms with E-state index in [0.717, 1.165) is 18.8 Å². The molecule has 1 N–H and O–H groups in total. The molecule has 20 heavy (non-hydrogen) atoms. The van der Waals surface area contributed by atoms with Crippen LogP contribution in [0.1, 0.15) is 13.8 Å². The number of carbonyl (C=O) groups is 1. The van der Waals surface area contributed by atoms with Gasteiger partial charge in [-0.1, -0.05) is 18.2 Å². The molecule has 6 heteroatoms. The van der Waals surface area contributed by atoms with Crippen LogP contribution in [0, 0.1) is 0 Å². The molecule has 0 spiro atoms. The van der Waals surface area contributed by atoms with Crippen LogP contribution in [0.3, 0.4) is 0 Å². The van der Waals surface area contributed by atoms with Gasteiger partial charge in [-0.05, 0) is 38.2 Å². The zero-order valence-electron chi connectivity index (χ0n) is 11.7. The smallest absolute Gasteiger partial charge is 0.246 e. The lowest BCUT2D eigenvalue weighted by Gasteiger charge is -2.29. The van der Waals surface area contributed by atoms with Crippen molar-refractivity contribution >= 4 is 41.3 Å². The Kier molecular flexibility index (Phi) is 6.23. The van der Waals surface area contributed by atoms with Gasteiger partial charge in [-0.15, -0.1) is 12.4 Å². The summed E-state index contributed by atoms with van der Waals surface area (Å²) in [6.07, 6.45) is 0. The molecule has 0 radical (unpaired) electrons. The number of benzene rings is 1. The molecule has 0 aromatic heterocycles. The summed E-state index contributed by atoms with van der Waals surface area (Å²) in [5, 5.41) is 3.74.